The standard InChI is InChI=1S/C23H22ClN3O4/c24-17-9-6-15(7-10-17)21-26-23(31-27-21)20(14-4-2-1-3-5-14)25-22(28)16-8-11-18-19(12-16)30-13-29-18/h6-12,14,20H,1-5,13H2,(H,25,28). The summed E-state index contributed by atoms with van der Waals surface area (Å²) >= 11 is 5.98. The Bertz CT molecular complexity index is 1080. The molecule has 3 aromatic rings. The molecule has 2 aromatic carbocycles. The van der Waals surface area contributed by atoms with Gasteiger partial charge in [-0.15, -0.1) is 0 Å². The van der Waals surface area contributed by atoms with E-state index < -0.39 is 0 Å². The van der Waals surface area contributed by atoms with Gasteiger partial charge >= 0.3 is 0 Å². The molecule has 1 aliphatic carbocycles. The number of carbonyl (C=O) groups excluding carboxylic acids is 1. The van der Waals surface area contributed by atoms with Gasteiger partial charge in [-0.3, -0.25) is 4.79 Å². The van der Waals surface area contributed by atoms with Crippen molar-refractivity contribution in [3.05, 3.63) is 58.9 Å². The average Bonchev–Trinajstić information content (AvgIpc) is 3.48. The van der Waals surface area contributed by atoms with Gasteiger partial charge in [-0.2, -0.15) is 4.98 Å². The normalized spacial score (nSPS) is 16.8. The minimum atomic E-state index is -0.355. The van der Waals surface area contributed by atoms with Crippen molar-refractivity contribution in [3.63, 3.8) is 0 Å². The van der Waals surface area contributed by atoms with Gasteiger partial charge in [-0.05, 0) is 61.2 Å². The molecule has 0 spiro atoms. The molecule has 1 aliphatic heterocycles. The average molecular weight is 440 g/mol. The van der Waals surface area contributed by atoms with Gasteiger partial charge in [0.05, 0.1) is 0 Å². The molecule has 1 fully saturated rings. The van der Waals surface area contributed by atoms with E-state index >= 15 is 0 Å². The van der Waals surface area contributed by atoms with E-state index in [1.165, 1.54) is 6.42 Å². The molecular weight excluding hydrogens is 418 g/mol. The number of nitrogens with one attached hydrogen (secondary N) is 1. The van der Waals surface area contributed by atoms with Crippen molar-refractivity contribution in [1.82, 2.24) is 15.5 Å². The van der Waals surface area contributed by atoms with E-state index in [2.05, 4.69) is 15.5 Å². The first-order valence-electron chi connectivity index (χ1n) is 10.5. The molecule has 31 heavy (non-hydrogen) atoms. The van der Waals surface area contributed by atoms with Crippen LogP contribution in [-0.4, -0.2) is 22.8 Å². The van der Waals surface area contributed by atoms with Crippen LogP contribution in [0.5, 0.6) is 11.5 Å². The largest absolute Gasteiger partial charge is 0.454 e. The lowest BCUT2D eigenvalue weighted by atomic mass is 9.83. The summed E-state index contributed by atoms with van der Waals surface area (Å²) in [6.45, 7) is 0.167. The first-order chi connectivity index (χ1) is 15.2. The number of ether oxygens (including phenoxy) is 2. The van der Waals surface area contributed by atoms with Gasteiger partial charge in [-0.1, -0.05) is 36.0 Å². The minimum Gasteiger partial charge on any atom is -0.454 e. The lowest BCUT2D eigenvalue weighted by Crippen LogP contribution is -2.34. The number of nitrogens with zero attached hydrogens (tertiary/aromatic N) is 2. The molecule has 1 amide bonds. The summed E-state index contributed by atoms with van der Waals surface area (Å²) in [5, 5.41) is 7.92. The van der Waals surface area contributed by atoms with Gasteiger partial charge in [0.1, 0.15) is 6.04 Å². The molecule has 1 N–H and O–H groups in total. The number of hydrogen-bond acceptors (Lipinski definition) is 6. The number of hydrogen-bond donors (Lipinski definition) is 1. The smallest absolute Gasteiger partial charge is 0.252 e. The summed E-state index contributed by atoms with van der Waals surface area (Å²) in [4.78, 5) is 17.7. The monoisotopic (exact) mass is 439 g/mol. The first kappa shape index (κ1) is 19.9. The van der Waals surface area contributed by atoms with Crippen molar-refractivity contribution in [1.29, 1.82) is 0 Å². The van der Waals surface area contributed by atoms with Crippen LogP contribution in [0.15, 0.2) is 47.0 Å². The topological polar surface area (TPSA) is 86.5 Å². The molecule has 7 nitrogen and oxygen atoms in total. The van der Waals surface area contributed by atoms with Crippen LogP contribution >= 0.6 is 11.6 Å². The second-order valence-electron chi connectivity index (χ2n) is 7.88. The molecule has 2 heterocycles. The number of halogens is 1. The SMILES string of the molecule is O=C(NC(c1nc(-c2ccc(Cl)cc2)no1)C1CCCCC1)c1ccc2c(c1)OCO2. The Hall–Kier alpha value is -3.06. The van der Waals surface area contributed by atoms with Crippen LogP contribution in [0.4, 0.5) is 0 Å². The molecule has 160 valence electrons. The van der Waals surface area contributed by atoms with E-state index in [0.717, 1.165) is 31.2 Å². The van der Waals surface area contributed by atoms with Gasteiger partial charge in [0.15, 0.2) is 11.5 Å². The minimum absolute atomic E-state index is 0.167. The zero-order valence-corrected chi connectivity index (χ0v) is 17.6. The lowest BCUT2D eigenvalue weighted by molar-refractivity contribution is 0.0895. The molecule has 1 aromatic heterocycles. The van der Waals surface area contributed by atoms with Crippen LogP contribution in [-0.2, 0) is 0 Å². The molecular formula is C23H22ClN3O4. The van der Waals surface area contributed by atoms with E-state index in [0.29, 0.717) is 33.8 Å². The molecule has 0 radical (unpaired) electrons. The van der Waals surface area contributed by atoms with Gasteiger partial charge in [0.25, 0.3) is 5.91 Å². The fourth-order valence-electron chi connectivity index (χ4n) is 4.19. The van der Waals surface area contributed by atoms with Crippen molar-refractivity contribution in [2.45, 2.75) is 38.1 Å². The predicted octanol–water partition coefficient (Wildman–Crippen LogP) is 5.17. The van der Waals surface area contributed by atoms with Crippen LogP contribution in [0.25, 0.3) is 11.4 Å². The first-order valence-corrected chi connectivity index (χ1v) is 10.9. The maximum Gasteiger partial charge on any atom is 0.252 e. The summed E-state index contributed by atoms with van der Waals surface area (Å²) in [7, 11) is 0. The molecule has 1 atom stereocenters. The number of aromatic nitrogens is 2. The van der Waals surface area contributed by atoms with E-state index in [1.807, 2.05) is 12.1 Å². The fraction of sp³-hybridized carbons (Fsp3) is 0.348. The van der Waals surface area contributed by atoms with E-state index in [4.69, 9.17) is 25.6 Å². The summed E-state index contributed by atoms with van der Waals surface area (Å²) in [6, 6.07) is 12.1. The number of rotatable bonds is 5. The van der Waals surface area contributed by atoms with Crippen molar-refractivity contribution in [3.8, 4) is 22.9 Å². The summed E-state index contributed by atoms with van der Waals surface area (Å²) in [5.74, 6) is 2.15. The molecule has 8 heteroatoms. The highest BCUT2D eigenvalue weighted by atomic mass is 35.5. The fourth-order valence-corrected chi connectivity index (χ4v) is 4.31. The number of fused-ring (bicyclic) bond motifs is 1. The van der Waals surface area contributed by atoms with Crippen molar-refractivity contribution >= 4 is 17.5 Å². The third-order valence-electron chi connectivity index (χ3n) is 5.85. The molecule has 1 saturated carbocycles. The summed E-state index contributed by atoms with van der Waals surface area (Å²) in [5.41, 5.74) is 1.31. The lowest BCUT2D eigenvalue weighted by Gasteiger charge is -2.28. The zero-order chi connectivity index (χ0) is 21.2. The van der Waals surface area contributed by atoms with Crippen LogP contribution < -0.4 is 14.8 Å². The van der Waals surface area contributed by atoms with Crippen molar-refractivity contribution in [2.75, 3.05) is 6.79 Å². The van der Waals surface area contributed by atoms with E-state index in [1.54, 1.807) is 30.3 Å². The third kappa shape index (κ3) is 4.23. The summed E-state index contributed by atoms with van der Waals surface area (Å²) in [6.07, 6.45) is 5.47. The highest BCUT2D eigenvalue weighted by Crippen LogP contribution is 2.36. The van der Waals surface area contributed by atoms with Crippen molar-refractivity contribution < 1.29 is 18.8 Å². The Morgan fingerprint density at radius 2 is 1.81 bits per heavy atom. The second kappa shape index (κ2) is 8.59. The Balaban J connectivity index is 1.41. The van der Waals surface area contributed by atoms with E-state index in [9.17, 15) is 4.79 Å². The van der Waals surface area contributed by atoms with Crippen LogP contribution in [0.3, 0.4) is 0 Å². The molecule has 0 saturated heterocycles. The zero-order valence-electron chi connectivity index (χ0n) is 16.8. The second-order valence-corrected chi connectivity index (χ2v) is 8.32. The van der Waals surface area contributed by atoms with Gasteiger partial charge in [0, 0.05) is 16.1 Å². The number of carbonyl (C=O) groups is 1. The van der Waals surface area contributed by atoms with Crippen LogP contribution in [0, 0.1) is 5.92 Å². The molecule has 0 bridgehead atoms. The van der Waals surface area contributed by atoms with Crippen LogP contribution in [0.1, 0.15) is 54.4 Å². The Morgan fingerprint density at radius 3 is 2.61 bits per heavy atom. The Labute approximate surface area is 184 Å². The Morgan fingerprint density at radius 1 is 1.03 bits per heavy atom. The molecule has 2 aliphatic rings. The molecule has 1 unspecified atom stereocenters. The highest BCUT2D eigenvalue weighted by molar-refractivity contribution is 6.30. The summed E-state index contributed by atoms with van der Waals surface area (Å²) < 4.78 is 16.4. The molecule has 5 rings (SSSR count). The Kier molecular flexibility index (Phi) is 5.51. The van der Waals surface area contributed by atoms with Crippen LogP contribution in [0.2, 0.25) is 5.02 Å². The third-order valence-corrected chi connectivity index (χ3v) is 6.10. The maximum absolute atomic E-state index is 13.1. The number of amides is 1. The highest BCUT2D eigenvalue weighted by Gasteiger charge is 2.32. The van der Waals surface area contributed by atoms with E-state index in [-0.39, 0.29) is 24.7 Å². The number of benzene rings is 2. The van der Waals surface area contributed by atoms with Gasteiger partial charge in [0.2, 0.25) is 18.5 Å². The van der Waals surface area contributed by atoms with Gasteiger partial charge in [-0.25, -0.2) is 0 Å². The van der Waals surface area contributed by atoms with Crippen molar-refractivity contribution in [2.24, 2.45) is 5.92 Å². The van der Waals surface area contributed by atoms with Gasteiger partial charge < -0.3 is 19.3 Å². The maximum atomic E-state index is 13.1. The quantitative estimate of drug-likeness (QED) is 0.590. The predicted molar refractivity (Wildman–Crippen MR) is 114 cm³/mol.